The van der Waals surface area contributed by atoms with Crippen LogP contribution in [0, 0.1) is 5.92 Å². The van der Waals surface area contributed by atoms with Gasteiger partial charge in [0.1, 0.15) is 11.4 Å². The van der Waals surface area contributed by atoms with Crippen molar-refractivity contribution in [3.8, 4) is 5.75 Å². The van der Waals surface area contributed by atoms with E-state index in [1.807, 2.05) is 35.2 Å². The lowest BCUT2D eigenvalue weighted by molar-refractivity contribution is -0.165. The van der Waals surface area contributed by atoms with Crippen LogP contribution in [0.5, 0.6) is 5.75 Å². The Kier molecular flexibility index (Phi) is 5.92. The molecular weight excluding hydrogens is 392 g/mol. The van der Waals surface area contributed by atoms with E-state index in [-0.39, 0.29) is 11.5 Å². The molecule has 1 atom stereocenters. The predicted octanol–water partition coefficient (Wildman–Crippen LogP) is 3.17. The molecule has 1 spiro atoms. The van der Waals surface area contributed by atoms with Gasteiger partial charge >= 0.3 is 0 Å². The molecule has 1 aromatic heterocycles. The highest BCUT2D eigenvalue weighted by atomic mass is 16.5. The minimum absolute atomic E-state index is 0.173. The van der Waals surface area contributed by atoms with Crippen molar-refractivity contribution in [2.75, 3.05) is 32.9 Å². The first-order valence-corrected chi connectivity index (χ1v) is 11.4. The highest BCUT2D eigenvalue weighted by Crippen LogP contribution is 2.42. The number of pyridine rings is 1. The molecule has 1 amide bonds. The van der Waals surface area contributed by atoms with Crippen molar-refractivity contribution in [1.82, 2.24) is 9.88 Å². The summed E-state index contributed by atoms with van der Waals surface area (Å²) in [4.78, 5) is 19.1. The SMILES string of the molecule is O=C(Cc1ccc2c(c1)CCCO2)N1CC2(C1)OCC[C@@H]2CCOCc1ccccn1. The van der Waals surface area contributed by atoms with Crippen LogP contribution < -0.4 is 4.74 Å². The fourth-order valence-corrected chi connectivity index (χ4v) is 5.01. The number of likely N-dealkylation sites (tertiary alicyclic amines) is 1. The number of hydrogen-bond donors (Lipinski definition) is 0. The van der Waals surface area contributed by atoms with Crippen LogP contribution in [0.25, 0.3) is 0 Å². The van der Waals surface area contributed by atoms with Crippen molar-refractivity contribution in [3.63, 3.8) is 0 Å². The molecule has 164 valence electrons. The van der Waals surface area contributed by atoms with Crippen LogP contribution in [0.1, 0.15) is 36.1 Å². The quantitative estimate of drug-likeness (QED) is 0.642. The minimum atomic E-state index is -0.173. The first-order valence-electron chi connectivity index (χ1n) is 11.4. The van der Waals surface area contributed by atoms with Gasteiger partial charge in [-0.1, -0.05) is 18.2 Å². The molecule has 6 nitrogen and oxygen atoms in total. The summed E-state index contributed by atoms with van der Waals surface area (Å²) >= 11 is 0. The van der Waals surface area contributed by atoms with Crippen molar-refractivity contribution < 1.29 is 19.0 Å². The van der Waals surface area contributed by atoms with Gasteiger partial charge in [-0.25, -0.2) is 0 Å². The third-order valence-corrected chi connectivity index (χ3v) is 6.78. The Hall–Kier alpha value is -2.44. The Morgan fingerprint density at radius 1 is 1.23 bits per heavy atom. The number of ether oxygens (including phenoxy) is 3. The fourth-order valence-electron chi connectivity index (χ4n) is 5.01. The molecule has 0 aliphatic carbocycles. The normalized spacial score (nSPS) is 21.4. The topological polar surface area (TPSA) is 60.9 Å². The van der Waals surface area contributed by atoms with Gasteiger partial charge in [0.25, 0.3) is 0 Å². The Morgan fingerprint density at radius 2 is 2.16 bits per heavy atom. The summed E-state index contributed by atoms with van der Waals surface area (Å²) in [5.41, 5.74) is 3.07. The number of aryl methyl sites for hydroxylation is 1. The fraction of sp³-hybridized carbons (Fsp3) is 0.520. The summed E-state index contributed by atoms with van der Waals surface area (Å²) in [6, 6.07) is 12.0. The van der Waals surface area contributed by atoms with E-state index in [1.165, 1.54) is 5.56 Å². The molecule has 0 bridgehead atoms. The van der Waals surface area contributed by atoms with E-state index >= 15 is 0 Å². The molecular formula is C25H30N2O4. The van der Waals surface area contributed by atoms with Gasteiger partial charge in [0.15, 0.2) is 0 Å². The summed E-state index contributed by atoms with van der Waals surface area (Å²) in [6.07, 6.45) is 6.31. The van der Waals surface area contributed by atoms with Crippen LogP contribution in [0.4, 0.5) is 0 Å². The van der Waals surface area contributed by atoms with E-state index < -0.39 is 0 Å². The average molecular weight is 423 g/mol. The lowest BCUT2D eigenvalue weighted by Gasteiger charge is -2.50. The van der Waals surface area contributed by atoms with Crippen LogP contribution in [-0.2, 0) is 33.7 Å². The molecule has 6 heteroatoms. The molecule has 3 aliphatic heterocycles. The molecule has 0 radical (unpaired) electrons. The summed E-state index contributed by atoms with van der Waals surface area (Å²) in [6.45, 7) is 4.19. The Morgan fingerprint density at radius 3 is 3.03 bits per heavy atom. The van der Waals surface area contributed by atoms with Gasteiger partial charge in [-0.2, -0.15) is 0 Å². The number of carbonyl (C=O) groups excluding carboxylic acids is 1. The summed E-state index contributed by atoms with van der Waals surface area (Å²) in [5.74, 6) is 1.60. The third kappa shape index (κ3) is 4.46. The van der Waals surface area contributed by atoms with Crippen LogP contribution in [0.3, 0.4) is 0 Å². The summed E-state index contributed by atoms with van der Waals surface area (Å²) in [7, 11) is 0. The van der Waals surface area contributed by atoms with Crippen LogP contribution in [0.15, 0.2) is 42.6 Å². The molecule has 2 aromatic rings. The maximum atomic E-state index is 12.8. The van der Waals surface area contributed by atoms with Gasteiger partial charge in [0, 0.05) is 19.4 Å². The number of fused-ring (bicyclic) bond motifs is 1. The van der Waals surface area contributed by atoms with Gasteiger partial charge in [0.05, 0.1) is 38.4 Å². The number of aromatic nitrogens is 1. The lowest BCUT2D eigenvalue weighted by atomic mass is 9.79. The molecule has 4 heterocycles. The number of hydrogen-bond acceptors (Lipinski definition) is 5. The number of nitrogens with zero attached hydrogens (tertiary/aromatic N) is 2. The van der Waals surface area contributed by atoms with E-state index in [1.54, 1.807) is 6.20 Å². The minimum Gasteiger partial charge on any atom is -0.493 e. The zero-order valence-electron chi connectivity index (χ0n) is 17.9. The molecule has 0 N–H and O–H groups in total. The van der Waals surface area contributed by atoms with Crippen LogP contribution in [0.2, 0.25) is 0 Å². The van der Waals surface area contributed by atoms with Gasteiger partial charge in [0.2, 0.25) is 5.91 Å². The maximum absolute atomic E-state index is 12.8. The van der Waals surface area contributed by atoms with Crippen molar-refractivity contribution in [3.05, 3.63) is 59.4 Å². The number of carbonyl (C=O) groups is 1. The lowest BCUT2D eigenvalue weighted by Crippen LogP contribution is -2.66. The van der Waals surface area contributed by atoms with E-state index in [2.05, 4.69) is 11.1 Å². The van der Waals surface area contributed by atoms with Crippen molar-refractivity contribution in [2.45, 2.75) is 44.3 Å². The molecule has 2 fully saturated rings. The molecule has 3 aliphatic rings. The van der Waals surface area contributed by atoms with Gasteiger partial charge in [-0.05, 0) is 60.9 Å². The van der Waals surface area contributed by atoms with E-state index in [9.17, 15) is 4.79 Å². The maximum Gasteiger partial charge on any atom is 0.227 e. The zero-order chi connectivity index (χ0) is 21.1. The molecule has 31 heavy (non-hydrogen) atoms. The van der Waals surface area contributed by atoms with Crippen LogP contribution >= 0.6 is 0 Å². The largest absolute Gasteiger partial charge is 0.493 e. The Balaban J connectivity index is 1.09. The summed E-state index contributed by atoms with van der Waals surface area (Å²) in [5, 5.41) is 0. The van der Waals surface area contributed by atoms with Gasteiger partial charge < -0.3 is 19.1 Å². The van der Waals surface area contributed by atoms with Gasteiger partial charge in [-0.3, -0.25) is 9.78 Å². The Bertz CT molecular complexity index is 911. The van der Waals surface area contributed by atoms with Crippen molar-refractivity contribution in [1.29, 1.82) is 0 Å². The monoisotopic (exact) mass is 422 g/mol. The standard InChI is InChI=1S/C25H30N2O4/c28-24(15-19-6-7-23-20(14-19)4-3-11-30-23)27-17-25(18-27)21(9-13-31-25)8-12-29-16-22-5-1-2-10-26-22/h1-2,5-7,10,14,21H,3-4,8-9,11-13,15-18H2/t21-/m0/s1. The summed E-state index contributed by atoms with van der Waals surface area (Å²) < 4.78 is 17.6. The molecule has 1 aromatic carbocycles. The molecule has 2 saturated heterocycles. The number of rotatable bonds is 7. The smallest absolute Gasteiger partial charge is 0.227 e. The van der Waals surface area contributed by atoms with E-state index in [4.69, 9.17) is 14.2 Å². The first-order chi connectivity index (χ1) is 15.2. The number of benzene rings is 1. The van der Waals surface area contributed by atoms with Crippen molar-refractivity contribution in [2.24, 2.45) is 5.92 Å². The molecule has 0 saturated carbocycles. The van der Waals surface area contributed by atoms with Crippen molar-refractivity contribution >= 4 is 5.91 Å². The molecule has 0 unspecified atom stereocenters. The second kappa shape index (κ2) is 8.97. The van der Waals surface area contributed by atoms with Gasteiger partial charge in [-0.15, -0.1) is 0 Å². The van der Waals surface area contributed by atoms with E-state index in [0.29, 0.717) is 38.6 Å². The second-order valence-electron chi connectivity index (χ2n) is 8.88. The second-order valence-corrected chi connectivity index (χ2v) is 8.88. The molecule has 5 rings (SSSR count). The zero-order valence-corrected chi connectivity index (χ0v) is 17.9. The van der Waals surface area contributed by atoms with E-state index in [0.717, 1.165) is 55.9 Å². The third-order valence-electron chi connectivity index (χ3n) is 6.78. The Labute approximate surface area is 183 Å². The van der Waals surface area contributed by atoms with Crippen LogP contribution in [-0.4, -0.2) is 54.3 Å². The predicted molar refractivity (Wildman–Crippen MR) is 116 cm³/mol. The highest BCUT2D eigenvalue weighted by Gasteiger charge is 2.53. The number of amides is 1. The highest BCUT2D eigenvalue weighted by molar-refractivity contribution is 5.80. The first kappa shape index (κ1) is 20.5. The average Bonchev–Trinajstić information content (AvgIpc) is 3.20.